The molecule has 0 spiro atoms. The molecule has 5 heteroatoms. The summed E-state index contributed by atoms with van der Waals surface area (Å²) in [7, 11) is 0. The first-order valence-electron chi connectivity index (χ1n) is 8.76. The number of nitrogens with zero attached hydrogens (tertiary/aromatic N) is 2. The number of carbonyl (C=O) groups excluding carboxylic acids is 1. The van der Waals surface area contributed by atoms with Gasteiger partial charge in [0.1, 0.15) is 6.26 Å². The normalized spacial score (nSPS) is 16.2. The highest BCUT2D eigenvalue weighted by atomic mass is 16.3. The van der Waals surface area contributed by atoms with Crippen molar-refractivity contribution in [3.63, 3.8) is 0 Å². The van der Waals surface area contributed by atoms with Gasteiger partial charge in [-0.25, -0.2) is 4.98 Å². The monoisotopic (exact) mass is 327 g/mol. The Labute approximate surface area is 143 Å². The fourth-order valence-corrected chi connectivity index (χ4v) is 3.07. The molecule has 3 rings (SSSR count). The first kappa shape index (κ1) is 16.7. The third-order valence-electron chi connectivity index (χ3n) is 4.47. The van der Waals surface area contributed by atoms with Crippen LogP contribution in [0, 0.1) is 5.92 Å². The summed E-state index contributed by atoms with van der Waals surface area (Å²) >= 11 is 0. The molecule has 2 heterocycles. The predicted molar refractivity (Wildman–Crippen MR) is 93.2 cm³/mol. The quantitative estimate of drug-likeness (QED) is 0.886. The number of nitrogens with one attached hydrogen (secondary N) is 1. The highest BCUT2D eigenvalue weighted by Gasteiger charge is 2.25. The largest absolute Gasteiger partial charge is 0.444 e. The molecule has 24 heavy (non-hydrogen) atoms. The van der Waals surface area contributed by atoms with Crippen molar-refractivity contribution < 1.29 is 9.21 Å². The molecule has 1 aromatic heterocycles. The molecular formula is C19H25N3O2. The Bertz CT molecular complexity index is 646. The van der Waals surface area contributed by atoms with Crippen LogP contribution in [0.5, 0.6) is 0 Å². The zero-order chi connectivity index (χ0) is 16.8. The van der Waals surface area contributed by atoms with Crippen molar-refractivity contribution in [2.45, 2.75) is 32.7 Å². The number of rotatable bonds is 6. The molecule has 2 aromatic rings. The van der Waals surface area contributed by atoms with E-state index in [-0.39, 0.29) is 11.8 Å². The van der Waals surface area contributed by atoms with Crippen molar-refractivity contribution in [1.29, 1.82) is 0 Å². The molecule has 0 saturated carbocycles. The molecule has 1 aliphatic rings. The zero-order valence-corrected chi connectivity index (χ0v) is 14.2. The number of hydrogen-bond donors (Lipinski definition) is 1. The lowest BCUT2D eigenvalue weighted by atomic mass is 9.96. The topological polar surface area (TPSA) is 58.4 Å². The summed E-state index contributed by atoms with van der Waals surface area (Å²) in [6.07, 6.45) is 4.56. The van der Waals surface area contributed by atoms with Crippen molar-refractivity contribution in [3.05, 3.63) is 42.3 Å². The van der Waals surface area contributed by atoms with E-state index in [1.54, 1.807) is 6.26 Å². The summed E-state index contributed by atoms with van der Waals surface area (Å²) in [6.45, 7) is 5.49. The standard InChI is InChI=1S/C19H25N3O2/c1-2-10-20-18(23)15-8-11-22(12-9-15)13-17-14-24-19(21-17)16-6-4-3-5-7-16/h3-7,14-15H,2,8-13H2,1H3,(H,20,23). The average molecular weight is 327 g/mol. The van der Waals surface area contributed by atoms with E-state index in [0.29, 0.717) is 5.89 Å². The lowest BCUT2D eigenvalue weighted by Crippen LogP contribution is -2.40. The lowest BCUT2D eigenvalue weighted by molar-refractivity contribution is -0.126. The number of carbonyl (C=O) groups is 1. The van der Waals surface area contributed by atoms with Gasteiger partial charge in [0.05, 0.1) is 5.69 Å². The number of amides is 1. The number of likely N-dealkylation sites (tertiary alicyclic amines) is 1. The van der Waals surface area contributed by atoms with Gasteiger partial charge in [0, 0.05) is 24.6 Å². The van der Waals surface area contributed by atoms with Crippen LogP contribution in [0.1, 0.15) is 31.9 Å². The Kier molecular flexibility index (Phi) is 5.64. The Morgan fingerprint density at radius 1 is 1.29 bits per heavy atom. The van der Waals surface area contributed by atoms with Gasteiger partial charge in [0.2, 0.25) is 11.8 Å². The van der Waals surface area contributed by atoms with E-state index in [4.69, 9.17) is 4.42 Å². The third-order valence-corrected chi connectivity index (χ3v) is 4.47. The van der Waals surface area contributed by atoms with Crippen LogP contribution in [-0.2, 0) is 11.3 Å². The highest BCUT2D eigenvalue weighted by Crippen LogP contribution is 2.21. The maximum absolute atomic E-state index is 12.0. The highest BCUT2D eigenvalue weighted by molar-refractivity contribution is 5.78. The minimum absolute atomic E-state index is 0.157. The molecule has 128 valence electrons. The van der Waals surface area contributed by atoms with Crippen molar-refractivity contribution in [3.8, 4) is 11.5 Å². The second-order valence-corrected chi connectivity index (χ2v) is 6.35. The maximum Gasteiger partial charge on any atom is 0.226 e. The molecular weight excluding hydrogens is 302 g/mol. The summed E-state index contributed by atoms with van der Waals surface area (Å²) in [5.74, 6) is 1.04. The summed E-state index contributed by atoms with van der Waals surface area (Å²) in [5, 5.41) is 3.00. The SMILES string of the molecule is CCCNC(=O)C1CCN(Cc2coc(-c3ccccc3)n2)CC1. The first-order chi connectivity index (χ1) is 11.8. The molecule has 1 N–H and O–H groups in total. The third kappa shape index (κ3) is 4.23. The van der Waals surface area contributed by atoms with E-state index < -0.39 is 0 Å². The number of hydrogen-bond acceptors (Lipinski definition) is 4. The van der Waals surface area contributed by atoms with Crippen molar-refractivity contribution in [2.75, 3.05) is 19.6 Å². The molecule has 1 aliphatic heterocycles. The van der Waals surface area contributed by atoms with Crippen molar-refractivity contribution in [2.24, 2.45) is 5.92 Å². The Morgan fingerprint density at radius 2 is 2.04 bits per heavy atom. The van der Waals surface area contributed by atoms with E-state index in [1.807, 2.05) is 30.3 Å². The molecule has 1 saturated heterocycles. The number of piperidine rings is 1. The molecule has 0 radical (unpaired) electrons. The van der Waals surface area contributed by atoms with E-state index in [1.165, 1.54) is 0 Å². The van der Waals surface area contributed by atoms with Crippen molar-refractivity contribution >= 4 is 5.91 Å². The van der Waals surface area contributed by atoms with Gasteiger partial charge in [0.25, 0.3) is 0 Å². The van der Waals surface area contributed by atoms with Crippen molar-refractivity contribution in [1.82, 2.24) is 15.2 Å². The molecule has 0 bridgehead atoms. The molecule has 5 nitrogen and oxygen atoms in total. The maximum atomic E-state index is 12.0. The van der Waals surface area contributed by atoms with Gasteiger partial charge >= 0.3 is 0 Å². The predicted octanol–water partition coefficient (Wildman–Crippen LogP) is 3.08. The van der Waals surface area contributed by atoms with E-state index in [9.17, 15) is 4.79 Å². The van der Waals surface area contributed by atoms with Crippen LogP contribution in [0.15, 0.2) is 41.0 Å². The molecule has 0 atom stereocenters. The van der Waals surface area contributed by atoms with Gasteiger partial charge < -0.3 is 9.73 Å². The summed E-state index contributed by atoms with van der Waals surface area (Å²) in [6, 6.07) is 9.93. The Hall–Kier alpha value is -2.14. The second kappa shape index (κ2) is 8.11. The van der Waals surface area contributed by atoms with Gasteiger partial charge in [-0.3, -0.25) is 9.69 Å². The minimum Gasteiger partial charge on any atom is -0.444 e. The average Bonchev–Trinajstić information content (AvgIpc) is 3.09. The van der Waals surface area contributed by atoms with Crippen LogP contribution in [0.2, 0.25) is 0 Å². The summed E-state index contributed by atoms with van der Waals surface area (Å²) < 4.78 is 5.59. The van der Waals surface area contributed by atoms with Crippen LogP contribution in [-0.4, -0.2) is 35.4 Å². The number of aromatic nitrogens is 1. The van der Waals surface area contributed by atoms with E-state index >= 15 is 0 Å². The summed E-state index contributed by atoms with van der Waals surface area (Å²) in [4.78, 5) is 19.0. The van der Waals surface area contributed by atoms with Crippen LogP contribution in [0.4, 0.5) is 0 Å². The van der Waals surface area contributed by atoms with Gasteiger partial charge in [-0.2, -0.15) is 0 Å². The molecule has 0 aliphatic carbocycles. The molecule has 1 aromatic carbocycles. The minimum atomic E-state index is 0.157. The van der Waals surface area contributed by atoms with Crippen LogP contribution in [0.3, 0.4) is 0 Å². The van der Waals surface area contributed by atoms with Crippen LogP contribution in [0.25, 0.3) is 11.5 Å². The van der Waals surface area contributed by atoms with E-state index in [0.717, 1.165) is 56.7 Å². The lowest BCUT2D eigenvalue weighted by Gasteiger charge is -2.30. The fraction of sp³-hybridized carbons (Fsp3) is 0.474. The second-order valence-electron chi connectivity index (χ2n) is 6.35. The summed E-state index contributed by atoms with van der Waals surface area (Å²) in [5.41, 5.74) is 1.94. The van der Waals surface area contributed by atoms with E-state index in [2.05, 4.69) is 22.1 Å². The van der Waals surface area contributed by atoms with Crippen LogP contribution < -0.4 is 5.32 Å². The smallest absolute Gasteiger partial charge is 0.226 e. The zero-order valence-electron chi connectivity index (χ0n) is 14.2. The number of benzene rings is 1. The fourth-order valence-electron chi connectivity index (χ4n) is 3.07. The first-order valence-corrected chi connectivity index (χ1v) is 8.76. The molecule has 1 fully saturated rings. The molecule has 0 unspecified atom stereocenters. The van der Waals surface area contributed by atoms with Gasteiger partial charge in [-0.05, 0) is 44.5 Å². The molecule has 1 amide bonds. The van der Waals surface area contributed by atoms with Gasteiger partial charge in [-0.1, -0.05) is 25.1 Å². The van der Waals surface area contributed by atoms with Gasteiger partial charge in [0.15, 0.2) is 0 Å². The number of oxazole rings is 1. The Balaban J connectivity index is 1.50. The van der Waals surface area contributed by atoms with Gasteiger partial charge in [-0.15, -0.1) is 0 Å². The van der Waals surface area contributed by atoms with Crippen LogP contribution >= 0.6 is 0 Å². The Morgan fingerprint density at radius 3 is 2.75 bits per heavy atom.